The van der Waals surface area contributed by atoms with Gasteiger partial charge in [0.15, 0.2) is 0 Å². The van der Waals surface area contributed by atoms with E-state index in [2.05, 4.69) is 45.9 Å². The summed E-state index contributed by atoms with van der Waals surface area (Å²) in [6.07, 6.45) is 14.2. The quantitative estimate of drug-likeness (QED) is 0.440. The molecule has 0 radical (unpaired) electrons. The highest BCUT2D eigenvalue weighted by Crippen LogP contribution is 2.39. The van der Waals surface area contributed by atoms with Gasteiger partial charge in [0.1, 0.15) is 17.1 Å². The van der Waals surface area contributed by atoms with Crippen LogP contribution in [0.4, 0.5) is 0 Å². The first-order chi connectivity index (χ1) is 11.4. The monoisotopic (exact) mass is 328 g/mol. The van der Waals surface area contributed by atoms with Crippen LogP contribution in [0.15, 0.2) is 29.9 Å². The number of rotatable bonds is 8. The first-order valence-corrected chi connectivity index (χ1v) is 9.31. The summed E-state index contributed by atoms with van der Waals surface area (Å²) in [5, 5.41) is 10.3. The molecule has 1 atom stereocenters. The van der Waals surface area contributed by atoms with Crippen LogP contribution in [-0.2, 0) is 6.42 Å². The SMILES string of the molecule is CCCCCCc1cc(O)c2c(c1)OC(C)(CCC=C(C)C)C=C2. The zero-order valence-corrected chi connectivity index (χ0v) is 15.7. The Balaban J connectivity index is 2.08. The van der Waals surface area contributed by atoms with Gasteiger partial charge >= 0.3 is 0 Å². The van der Waals surface area contributed by atoms with Crippen LogP contribution in [-0.4, -0.2) is 10.7 Å². The number of hydrogen-bond acceptors (Lipinski definition) is 2. The maximum absolute atomic E-state index is 10.3. The van der Waals surface area contributed by atoms with Gasteiger partial charge in [-0.05, 0) is 76.3 Å². The fraction of sp³-hybridized carbons (Fsp3) is 0.545. The van der Waals surface area contributed by atoms with E-state index in [9.17, 15) is 5.11 Å². The van der Waals surface area contributed by atoms with Gasteiger partial charge in [0, 0.05) is 0 Å². The molecule has 0 bridgehead atoms. The number of aromatic hydroxyl groups is 1. The third kappa shape index (κ3) is 5.15. The van der Waals surface area contributed by atoms with E-state index in [-0.39, 0.29) is 5.60 Å². The maximum Gasteiger partial charge on any atom is 0.131 e. The van der Waals surface area contributed by atoms with Gasteiger partial charge in [-0.25, -0.2) is 0 Å². The first kappa shape index (κ1) is 18.6. The lowest BCUT2D eigenvalue weighted by Crippen LogP contribution is -2.31. The molecule has 1 heterocycles. The molecule has 0 spiro atoms. The topological polar surface area (TPSA) is 29.5 Å². The molecular weight excluding hydrogens is 296 g/mol. The van der Waals surface area contributed by atoms with Crippen molar-refractivity contribution in [2.45, 2.75) is 78.2 Å². The Morgan fingerprint density at radius 2 is 2.00 bits per heavy atom. The Labute approximate surface area is 147 Å². The molecule has 2 rings (SSSR count). The van der Waals surface area contributed by atoms with Crippen molar-refractivity contribution in [1.29, 1.82) is 0 Å². The van der Waals surface area contributed by atoms with Gasteiger partial charge in [-0.2, -0.15) is 0 Å². The van der Waals surface area contributed by atoms with Crippen LogP contribution < -0.4 is 4.74 Å². The number of benzene rings is 1. The second kappa shape index (κ2) is 8.41. The summed E-state index contributed by atoms with van der Waals surface area (Å²) >= 11 is 0. The van der Waals surface area contributed by atoms with Crippen LogP contribution in [0.3, 0.4) is 0 Å². The molecule has 24 heavy (non-hydrogen) atoms. The summed E-state index contributed by atoms with van der Waals surface area (Å²) in [7, 11) is 0. The number of hydrogen-bond donors (Lipinski definition) is 1. The average molecular weight is 328 g/mol. The number of phenolic OH excluding ortho intramolecular Hbond substituents is 1. The molecule has 0 fully saturated rings. The highest BCUT2D eigenvalue weighted by molar-refractivity contribution is 5.67. The van der Waals surface area contributed by atoms with E-state index in [0.717, 1.165) is 30.6 Å². The molecule has 1 aliphatic heterocycles. The van der Waals surface area contributed by atoms with E-state index < -0.39 is 0 Å². The van der Waals surface area contributed by atoms with Gasteiger partial charge in [0.05, 0.1) is 5.56 Å². The van der Waals surface area contributed by atoms with Gasteiger partial charge in [-0.1, -0.05) is 37.8 Å². The molecule has 0 amide bonds. The summed E-state index contributed by atoms with van der Waals surface area (Å²) in [5.74, 6) is 1.16. The lowest BCUT2D eigenvalue weighted by molar-refractivity contribution is 0.128. The van der Waals surface area contributed by atoms with E-state index in [1.165, 1.54) is 36.8 Å². The highest BCUT2D eigenvalue weighted by atomic mass is 16.5. The van der Waals surface area contributed by atoms with Gasteiger partial charge in [-0.3, -0.25) is 0 Å². The van der Waals surface area contributed by atoms with Crippen molar-refractivity contribution in [2.24, 2.45) is 0 Å². The minimum atomic E-state index is -0.299. The van der Waals surface area contributed by atoms with E-state index in [1.54, 1.807) is 0 Å². The summed E-state index contributed by atoms with van der Waals surface area (Å²) < 4.78 is 6.27. The Hall–Kier alpha value is -1.70. The van der Waals surface area contributed by atoms with E-state index in [1.807, 2.05) is 12.1 Å². The standard InChI is InChI=1S/C22H32O2/c1-5-6-7-8-11-18-15-20(23)19-12-14-22(4,24-21(19)16-18)13-9-10-17(2)3/h10,12,14-16,23H,5-9,11,13H2,1-4H3. The van der Waals surface area contributed by atoms with Crippen molar-refractivity contribution in [3.05, 3.63) is 41.0 Å². The summed E-state index contributed by atoms with van der Waals surface area (Å²) in [6.45, 7) is 8.59. The Morgan fingerprint density at radius 3 is 2.71 bits per heavy atom. The predicted molar refractivity (Wildman–Crippen MR) is 103 cm³/mol. The maximum atomic E-state index is 10.3. The summed E-state index contributed by atoms with van der Waals surface area (Å²) in [5.41, 5.74) is 3.02. The second-order valence-electron chi connectivity index (χ2n) is 7.41. The fourth-order valence-corrected chi connectivity index (χ4v) is 3.15. The molecule has 0 aliphatic carbocycles. The van der Waals surface area contributed by atoms with Crippen LogP contribution >= 0.6 is 0 Å². The number of aryl methyl sites for hydroxylation is 1. The highest BCUT2D eigenvalue weighted by Gasteiger charge is 2.28. The van der Waals surface area contributed by atoms with Gasteiger partial charge in [0.2, 0.25) is 0 Å². The first-order valence-electron chi connectivity index (χ1n) is 9.31. The predicted octanol–water partition coefficient (Wildman–Crippen LogP) is 6.43. The third-order valence-corrected chi connectivity index (χ3v) is 4.64. The van der Waals surface area contributed by atoms with E-state index in [0.29, 0.717) is 5.75 Å². The average Bonchev–Trinajstić information content (AvgIpc) is 2.50. The molecule has 132 valence electrons. The summed E-state index contributed by atoms with van der Waals surface area (Å²) in [6, 6.07) is 4.01. The zero-order chi connectivity index (χ0) is 17.6. The third-order valence-electron chi connectivity index (χ3n) is 4.64. The minimum absolute atomic E-state index is 0.299. The minimum Gasteiger partial charge on any atom is -0.507 e. The van der Waals surface area contributed by atoms with Gasteiger partial charge in [0.25, 0.3) is 0 Å². The van der Waals surface area contributed by atoms with Crippen LogP contribution in [0.1, 0.15) is 77.3 Å². The molecule has 0 saturated carbocycles. The molecule has 0 saturated heterocycles. The van der Waals surface area contributed by atoms with Gasteiger partial charge < -0.3 is 9.84 Å². The smallest absolute Gasteiger partial charge is 0.131 e. The largest absolute Gasteiger partial charge is 0.507 e. The van der Waals surface area contributed by atoms with Crippen LogP contribution in [0.25, 0.3) is 6.08 Å². The summed E-state index contributed by atoms with van der Waals surface area (Å²) in [4.78, 5) is 0. The van der Waals surface area contributed by atoms with Crippen molar-refractivity contribution >= 4 is 6.08 Å². The molecule has 1 aromatic carbocycles. The lowest BCUT2D eigenvalue weighted by atomic mass is 9.93. The molecule has 0 aromatic heterocycles. The molecule has 1 aromatic rings. The van der Waals surface area contributed by atoms with Crippen molar-refractivity contribution in [1.82, 2.24) is 0 Å². The Kier molecular flexibility index (Phi) is 6.53. The number of allylic oxidation sites excluding steroid dienone is 2. The molecule has 2 heteroatoms. The molecule has 1 aliphatic rings. The zero-order valence-electron chi connectivity index (χ0n) is 15.7. The Morgan fingerprint density at radius 1 is 1.21 bits per heavy atom. The molecule has 1 unspecified atom stereocenters. The number of unbranched alkanes of at least 4 members (excludes halogenated alkanes) is 3. The van der Waals surface area contributed by atoms with Gasteiger partial charge in [-0.15, -0.1) is 0 Å². The number of phenols is 1. The Bertz CT molecular complexity index is 609. The number of ether oxygens (including phenoxy) is 1. The van der Waals surface area contributed by atoms with E-state index >= 15 is 0 Å². The molecule has 1 N–H and O–H groups in total. The second-order valence-corrected chi connectivity index (χ2v) is 7.41. The fourth-order valence-electron chi connectivity index (χ4n) is 3.15. The van der Waals surface area contributed by atoms with Crippen molar-refractivity contribution < 1.29 is 9.84 Å². The van der Waals surface area contributed by atoms with Crippen LogP contribution in [0.5, 0.6) is 11.5 Å². The lowest BCUT2D eigenvalue weighted by Gasteiger charge is -2.32. The van der Waals surface area contributed by atoms with Crippen molar-refractivity contribution in [3.63, 3.8) is 0 Å². The molecule has 2 nitrogen and oxygen atoms in total. The van der Waals surface area contributed by atoms with Crippen LogP contribution in [0, 0.1) is 0 Å². The van der Waals surface area contributed by atoms with Crippen molar-refractivity contribution in [2.75, 3.05) is 0 Å². The van der Waals surface area contributed by atoms with E-state index in [4.69, 9.17) is 4.74 Å². The number of fused-ring (bicyclic) bond motifs is 1. The van der Waals surface area contributed by atoms with Crippen LogP contribution in [0.2, 0.25) is 0 Å². The normalized spacial score (nSPS) is 18.8. The van der Waals surface area contributed by atoms with Crippen molar-refractivity contribution in [3.8, 4) is 11.5 Å². The molecular formula is C22H32O2.